The summed E-state index contributed by atoms with van der Waals surface area (Å²) in [7, 11) is 0. The minimum Gasteiger partial charge on any atom is -0.481 e. The summed E-state index contributed by atoms with van der Waals surface area (Å²) in [6.45, 7) is 0.304. The maximum Gasteiger partial charge on any atom is 0.303 e. The quantitative estimate of drug-likeness (QED) is 0.403. The fraction of sp³-hybridized carbons (Fsp3) is 0.938. The zero-order valence-electron chi connectivity index (χ0n) is 12.7. The zero-order chi connectivity index (χ0) is 15.1. The van der Waals surface area contributed by atoms with Crippen LogP contribution in [-0.2, 0) is 4.79 Å². The fourth-order valence-corrected chi connectivity index (χ4v) is 2.35. The molecule has 0 saturated carbocycles. The molecule has 0 aromatic carbocycles. The van der Waals surface area contributed by atoms with E-state index in [1.54, 1.807) is 0 Å². The lowest BCUT2D eigenvalue weighted by Crippen LogP contribution is -2.06. The molecular weight excluding hydrogens is 256 g/mol. The van der Waals surface area contributed by atoms with E-state index < -0.39 is 5.97 Å². The second-order valence-electron chi connectivity index (χ2n) is 5.63. The number of hydrogen-bond donors (Lipinski definition) is 3. The molecule has 4 nitrogen and oxygen atoms in total. The number of aliphatic carboxylic acids is 1. The first-order chi connectivity index (χ1) is 9.66. The van der Waals surface area contributed by atoms with Crippen LogP contribution in [-0.4, -0.2) is 34.0 Å². The molecule has 20 heavy (non-hydrogen) atoms. The normalized spacial score (nSPS) is 12.5. The van der Waals surface area contributed by atoms with E-state index in [9.17, 15) is 9.90 Å². The number of unbranched alkanes of at least 4 members (excludes halogenated alkanes) is 8. The third kappa shape index (κ3) is 15.4. The van der Waals surface area contributed by atoms with Crippen molar-refractivity contribution >= 4 is 5.97 Å². The molecule has 0 heterocycles. The topological polar surface area (TPSA) is 77.8 Å². The Bertz CT molecular complexity index is 219. The highest BCUT2D eigenvalue weighted by molar-refractivity contribution is 5.66. The maximum absolute atomic E-state index is 10.3. The van der Waals surface area contributed by atoms with Crippen LogP contribution in [0.3, 0.4) is 0 Å². The molecule has 0 aliphatic carbocycles. The van der Waals surface area contributed by atoms with Crippen LogP contribution in [0.25, 0.3) is 0 Å². The Balaban J connectivity index is 3.16. The van der Waals surface area contributed by atoms with E-state index in [4.69, 9.17) is 10.2 Å². The van der Waals surface area contributed by atoms with Crippen molar-refractivity contribution in [2.75, 3.05) is 6.61 Å². The van der Waals surface area contributed by atoms with Crippen molar-refractivity contribution in [2.24, 2.45) is 0 Å². The average Bonchev–Trinajstić information content (AvgIpc) is 2.41. The first-order valence-corrected chi connectivity index (χ1v) is 8.17. The Morgan fingerprint density at radius 1 is 0.750 bits per heavy atom. The van der Waals surface area contributed by atoms with E-state index in [-0.39, 0.29) is 12.5 Å². The van der Waals surface area contributed by atoms with Crippen molar-refractivity contribution in [1.82, 2.24) is 0 Å². The Morgan fingerprint density at radius 2 is 1.20 bits per heavy atom. The van der Waals surface area contributed by atoms with Crippen LogP contribution >= 0.6 is 0 Å². The van der Waals surface area contributed by atoms with Gasteiger partial charge in [0.2, 0.25) is 0 Å². The molecule has 4 heteroatoms. The van der Waals surface area contributed by atoms with Crippen molar-refractivity contribution in [2.45, 2.75) is 89.6 Å². The van der Waals surface area contributed by atoms with E-state index >= 15 is 0 Å². The second kappa shape index (κ2) is 14.8. The van der Waals surface area contributed by atoms with Crippen LogP contribution < -0.4 is 0 Å². The minimum atomic E-state index is -0.732. The first-order valence-electron chi connectivity index (χ1n) is 8.17. The molecule has 0 aromatic rings. The molecule has 0 aromatic heterocycles. The number of aliphatic hydroxyl groups is 2. The van der Waals surface area contributed by atoms with Crippen molar-refractivity contribution < 1.29 is 20.1 Å². The molecule has 0 spiro atoms. The van der Waals surface area contributed by atoms with Gasteiger partial charge in [-0.25, -0.2) is 0 Å². The number of rotatable bonds is 15. The van der Waals surface area contributed by atoms with E-state index in [0.29, 0.717) is 6.61 Å². The molecule has 0 radical (unpaired) electrons. The summed E-state index contributed by atoms with van der Waals surface area (Å²) in [4.78, 5) is 10.3. The molecule has 0 bridgehead atoms. The van der Waals surface area contributed by atoms with E-state index in [2.05, 4.69) is 0 Å². The Kier molecular flexibility index (Phi) is 14.3. The van der Waals surface area contributed by atoms with E-state index in [1.807, 2.05) is 0 Å². The van der Waals surface area contributed by atoms with Gasteiger partial charge in [-0.1, -0.05) is 51.4 Å². The number of carbonyl (C=O) groups is 1. The van der Waals surface area contributed by atoms with Gasteiger partial charge in [-0.3, -0.25) is 4.79 Å². The molecular formula is C16H32O4. The summed E-state index contributed by atoms with van der Waals surface area (Å²) in [6, 6.07) is 0. The number of carboxylic acid groups (broad SMARTS) is 1. The molecule has 3 N–H and O–H groups in total. The van der Waals surface area contributed by atoms with Crippen molar-refractivity contribution in [3.63, 3.8) is 0 Å². The molecule has 0 fully saturated rings. The Hall–Kier alpha value is -0.610. The lowest BCUT2D eigenvalue weighted by atomic mass is 10.0. The van der Waals surface area contributed by atoms with Gasteiger partial charge in [-0.05, 0) is 25.7 Å². The van der Waals surface area contributed by atoms with Gasteiger partial charge in [0.1, 0.15) is 0 Å². The molecule has 0 aliphatic heterocycles. The monoisotopic (exact) mass is 288 g/mol. The van der Waals surface area contributed by atoms with Gasteiger partial charge in [0, 0.05) is 13.0 Å². The van der Waals surface area contributed by atoms with Crippen molar-refractivity contribution in [3.05, 3.63) is 0 Å². The summed E-state index contributed by atoms with van der Waals surface area (Å²) in [5, 5.41) is 26.9. The van der Waals surface area contributed by atoms with Gasteiger partial charge >= 0.3 is 5.97 Å². The lowest BCUT2D eigenvalue weighted by Gasteiger charge is -2.10. The largest absolute Gasteiger partial charge is 0.481 e. The summed E-state index contributed by atoms with van der Waals surface area (Å²) >= 11 is 0. The van der Waals surface area contributed by atoms with Crippen LogP contribution in [0, 0.1) is 0 Å². The predicted molar refractivity (Wildman–Crippen MR) is 80.7 cm³/mol. The average molecular weight is 288 g/mol. The van der Waals surface area contributed by atoms with Gasteiger partial charge in [0.15, 0.2) is 0 Å². The van der Waals surface area contributed by atoms with Crippen LogP contribution in [0.2, 0.25) is 0 Å². The van der Waals surface area contributed by atoms with E-state index in [1.165, 1.54) is 25.7 Å². The summed E-state index contributed by atoms with van der Waals surface area (Å²) < 4.78 is 0. The zero-order valence-corrected chi connectivity index (χ0v) is 12.7. The van der Waals surface area contributed by atoms with Gasteiger partial charge in [-0.15, -0.1) is 0 Å². The minimum absolute atomic E-state index is 0.214. The smallest absolute Gasteiger partial charge is 0.303 e. The number of hydrogen-bond acceptors (Lipinski definition) is 3. The van der Waals surface area contributed by atoms with Crippen LogP contribution in [0.5, 0.6) is 0 Å². The maximum atomic E-state index is 10.3. The second-order valence-corrected chi connectivity index (χ2v) is 5.63. The van der Waals surface area contributed by atoms with Crippen LogP contribution in [0.4, 0.5) is 0 Å². The van der Waals surface area contributed by atoms with Crippen molar-refractivity contribution in [1.29, 1.82) is 0 Å². The third-order valence-electron chi connectivity index (χ3n) is 3.62. The highest BCUT2D eigenvalue weighted by Gasteiger charge is 2.04. The molecule has 0 rings (SSSR count). The van der Waals surface area contributed by atoms with E-state index in [0.717, 1.165) is 51.4 Å². The molecule has 1 atom stereocenters. The first kappa shape index (κ1) is 19.4. The molecule has 0 amide bonds. The molecule has 0 aliphatic rings. The molecule has 1 unspecified atom stereocenters. The fourth-order valence-electron chi connectivity index (χ4n) is 2.35. The lowest BCUT2D eigenvalue weighted by molar-refractivity contribution is -0.137. The Labute approximate surface area is 123 Å². The SMILES string of the molecule is O=C(O)CCCCCC(O)CCCCCCCCCO. The summed E-state index contributed by atoms with van der Waals surface area (Å²) in [5.74, 6) is -0.732. The Morgan fingerprint density at radius 3 is 1.70 bits per heavy atom. The highest BCUT2D eigenvalue weighted by atomic mass is 16.4. The standard InChI is InChI=1S/C16H32O4/c17-14-10-5-3-1-2-4-7-11-15(18)12-8-6-9-13-16(19)20/h15,17-18H,1-14H2,(H,19,20). The summed E-state index contributed by atoms with van der Waals surface area (Å²) in [6.07, 6.45) is 12.2. The third-order valence-corrected chi connectivity index (χ3v) is 3.62. The van der Waals surface area contributed by atoms with Gasteiger partial charge in [0.05, 0.1) is 6.10 Å². The van der Waals surface area contributed by atoms with Crippen molar-refractivity contribution in [3.8, 4) is 0 Å². The van der Waals surface area contributed by atoms with Crippen LogP contribution in [0.1, 0.15) is 83.5 Å². The predicted octanol–water partition coefficient (Wildman–Crippen LogP) is 3.50. The van der Waals surface area contributed by atoms with Gasteiger partial charge < -0.3 is 15.3 Å². The molecule has 120 valence electrons. The number of carboxylic acids is 1. The summed E-state index contributed by atoms with van der Waals surface area (Å²) in [5.41, 5.74) is 0. The van der Waals surface area contributed by atoms with Crippen LogP contribution in [0.15, 0.2) is 0 Å². The highest BCUT2D eigenvalue weighted by Crippen LogP contribution is 2.13. The molecule has 0 saturated heterocycles. The van der Waals surface area contributed by atoms with Gasteiger partial charge in [-0.2, -0.15) is 0 Å². The van der Waals surface area contributed by atoms with Gasteiger partial charge in [0.25, 0.3) is 0 Å². The number of aliphatic hydroxyl groups excluding tert-OH is 2.